The van der Waals surface area contributed by atoms with Gasteiger partial charge in [-0.15, -0.1) is 0 Å². The van der Waals surface area contributed by atoms with E-state index in [0.29, 0.717) is 28.4 Å². The highest BCUT2D eigenvalue weighted by molar-refractivity contribution is 5.76. The van der Waals surface area contributed by atoms with Crippen molar-refractivity contribution in [2.45, 2.75) is 18.1 Å². The van der Waals surface area contributed by atoms with Crippen LogP contribution >= 0.6 is 0 Å². The van der Waals surface area contributed by atoms with Gasteiger partial charge in [0.25, 0.3) is 0 Å². The summed E-state index contributed by atoms with van der Waals surface area (Å²) in [6.45, 7) is 0. The van der Waals surface area contributed by atoms with E-state index in [1.165, 1.54) is 26.4 Å². The fraction of sp³-hybridized carbons (Fsp3) is 0.219. The Bertz CT molecular complexity index is 1400. The van der Waals surface area contributed by atoms with Gasteiger partial charge in [0.1, 0.15) is 23.1 Å². The van der Waals surface area contributed by atoms with Crippen LogP contribution in [0.1, 0.15) is 23.0 Å². The zero-order valence-electron chi connectivity index (χ0n) is 21.5. The minimum Gasteiger partial charge on any atom is -0.496 e. The number of ether oxygens (including phenoxy) is 3. The third-order valence-electron chi connectivity index (χ3n) is 7.48. The summed E-state index contributed by atoms with van der Waals surface area (Å²) < 4.78 is 30.6. The first-order valence-corrected chi connectivity index (χ1v) is 12.6. The Morgan fingerprint density at radius 2 is 1.33 bits per heavy atom. The normalized spacial score (nSPS) is 20.9. The Morgan fingerprint density at radius 3 is 1.87 bits per heavy atom. The van der Waals surface area contributed by atoms with E-state index in [0.717, 1.165) is 11.1 Å². The molecule has 5 rings (SSSR count). The molecule has 2 N–H and O–H groups in total. The number of halogens is 1. The molecule has 39 heavy (non-hydrogen) atoms. The lowest BCUT2D eigenvalue weighted by molar-refractivity contribution is -0.165. The van der Waals surface area contributed by atoms with Gasteiger partial charge in [0.2, 0.25) is 6.29 Å². The van der Waals surface area contributed by atoms with Gasteiger partial charge in [-0.1, -0.05) is 60.7 Å². The van der Waals surface area contributed by atoms with Crippen molar-refractivity contribution < 1.29 is 33.6 Å². The molecule has 1 saturated carbocycles. The highest BCUT2D eigenvalue weighted by Gasteiger charge is 2.60. The van der Waals surface area contributed by atoms with Crippen LogP contribution in [-0.2, 0) is 4.79 Å². The molecule has 4 aromatic rings. The van der Waals surface area contributed by atoms with Gasteiger partial charge < -0.3 is 24.4 Å². The molecule has 7 heteroatoms. The second-order valence-corrected chi connectivity index (χ2v) is 9.52. The molecule has 0 aliphatic heterocycles. The summed E-state index contributed by atoms with van der Waals surface area (Å²) in [6, 6.07) is 27.7. The van der Waals surface area contributed by atoms with Crippen LogP contribution in [0, 0.1) is 17.7 Å². The molecule has 0 radical (unpaired) electrons. The van der Waals surface area contributed by atoms with Crippen molar-refractivity contribution in [1.82, 2.24) is 0 Å². The maximum atomic E-state index is 13.4. The summed E-state index contributed by atoms with van der Waals surface area (Å²) in [5, 5.41) is 21.9. The van der Waals surface area contributed by atoms with Crippen molar-refractivity contribution in [2.75, 3.05) is 14.2 Å². The fourth-order valence-corrected chi connectivity index (χ4v) is 5.74. The highest BCUT2D eigenvalue weighted by atomic mass is 19.1. The molecule has 0 aromatic heterocycles. The summed E-state index contributed by atoms with van der Waals surface area (Å²) >= 11 is 0. The summed E-state index contributed by atoms with van der Waals surface area (Å²) in [5.41, 5.74) is 2.96. The van der Waals surface area contributed by atoms with Gasteiger partial charge in [-0.3, -0.25) is 4.79 Å². The first-order chi connectivity index (χ1) is 18.9. The van der Waals surface area contributed by atoms with Gasteiger partial charge in [0.15, 0.2) is 0 Å². The number of hydrogen-bond acceptors (Lipinski definition) is 5. The molecule has 1 fully saturated rings. The summed E-state index contributed by atoms with van der Waals surface area (Å²) in [4.78, 5) is 12.7. The smallest absolute Gasteiger partial charge is 0.307 e. The topological polar surface area (TPSA) is 85.2 Å². The van der Waals surface area contributed by atoms with E-state index < -0.39 is 35.9 Å². The maximum Gasteiger partial charge on any atom is 0.307 e. The Kier molecular flexibility index (Phi) is 7.52. The van der Waals surface area contributed by atoms with E-state index in [1.807, 2.05) is 42.5 Å². The number of methoxy groups -OCH3 is 2. The minimum atomic E-state index is -1.35. The number of benzene rings is 4. The lowest BCUT2D eigenvalue weighted by Crippen LogP contribution is -2.53. The Balaban J connectivity index is 1.54. The Labute approximate surface area is 226 Å². The summed E-state index contributed by atoms with van der Waals surface area (Å²) in [7, 11) is 3.07. The van der Waals surface area contributed by atoms with Crippen molar-refractivity contribution >= 4 is 5.97 Å². The second kappa shape index (κ2) is 11.2. The third-order valence-corrected chi connectivity index (χ3v) is 7.48. The number of aliphatic carboxylic acids is 1. The standard InChI is InChI=1S/C32H29FO6/c1-37-25-12-5-3-10-23(25)27-29(31(34)35)28(24-11-4-6-13-26(24)38-2)30(27)32(36)39-22-9-7-8-20(18-22)19-14-16-21(33)17-15-19/h3-18,27-30,32,36H,1-2H3,(H,34,35)/t27?,28?,29?,30?,32-/m1/s1. The molecule has 4 aromatic carbocycles. The SMILES string of the molecule is COc1ccccc1C1C(C(=O)O)C(c2ccccc2OC)C1[C@H](O)Oc1cccc(-c2ccc(F)cc2)c1. The van der Waals surface area contributed by atoms with E-state index in [9.17, 15) is 19.4 Å². The molecule has 6 nitrogen and oxygen atoms in total. The van der Waals surface area contributed by atoms with E-state index in [4.69, 9.17) is 14.2 Å². The van der Waals surface area contributed by atoms with Gasteiger partial charge in [-0.2, -0.15) is 0 Å². The number of carbonyl (C=O) groups is 1. The van der Waals surface area contributed by atoms with Crippen LogP contribution in [0.15, 0.2) is 97.1 Å². The van der Waals surface area contributed by atoms with Crippen LogP contribution in [0.3, 0.4) is 0 Å². The van der Waals surface area contributed by atoms with Crippen LogP contribution in [0.25, 0.3) is 11.1 Å². The summed E-state index contributed by atoms with van der Waals surface area (Å²) in [5.74, 6) is -2.49. The first kappa shape index (κ1) is 26.3. The van der Waals surface area contributed by atoms with Crippen molar-refractivity contribution in [3.8, 4) is 28.4 Å². The zero-order valence-corrected chi connectivity index (χ0v) is 21.5. The minimum absolute atomic E-state index is 0.329. The quantitative estimate of drug-likeness (QED) is 0.255. The molecule has 0 bridgehead atoms. The predicted molar refractivity (Wildman–Crippen MR) is 145 cm³/mol. The molecule has 1 aliphatic carbocycles. The number of rotatable bonds is 9. The molecular formula is C32H29FO6. The third kappa shape index (κ3) is 5.05. The van der Waals surface area contributed by atoms with Crippen LogP contribution in [0.2, 0.25) is 0 Å². The van der Waals surface area contributed by atoms with Crippen molar-refractivity contribution in [3.63, 3.8) is 0 Å². The van der Waals surface area contributed by atoms with Gasteiger partial charge in [0, 0.05) is 17.8 Å². The van der Waals surface area contributed by atoms with Crippen molar-refractivity contribution in [1.29, 1.82) is 0 Å². The lowest BCUT2D eigenvalue weighted by Gasteiger charge is -2.52. The number of aliphatic hydroxyl groups is 1. The molecule has 0 amide bonds. The number of hydrogen-bond donors (Lipinski definition) is 2. The molecule has 0 spiro atoms. The lowest BCUT2D eigenvalue weighted by atomic mass is 9.52. The second-order valence-electron chi connectivity index (χ2n) is 9.52. The summed E-state index contributed by atoms with van der Waals surface area (Å²) in [6.07, 6.45) is -1.35. The predicted octanol–water partition coefficient (Wildman–Crippen LogP) is 6.11. The van der Waals surface area contributed by atoms with Gasteiger partial charge in [-0.25, -0.2) is 4.39 Å². The molecule has 200 valence electrons. The monoisotopic (exact) mass is 528 g/mol. The van der Waals surface area contributed by atoms with Crippen molar-refractivity contribution in [3.05, 3.63) is 114 Å². The first-order valence-electron chi connectivity index (χ1n) is 12.6. The molecule has 3 atom stereocenters. The van der Waals surface area contributed by atoms with E-state index in [-0.39, 0.29) is 5.82 Å². The van der Waals surface area contributed by atoms with Gasteiger partial charge in [0.05, 0.1) is 20.1 Å². The number of para-hydroxylation sites is 2. The molecular weight excluding hydrogens is 499 g/mol. The van der Waals surface area contributed by atoms with Gasteiger partial charge in [-0.05, 0) is 58.7 Å². The number of carboxylic acids is 1. The van der Waals surface area contributed by atoms with Crippen LogP contribution in [-0.4, -0.2) is 36.7 Å². The fourth-order valence-electron chi connectivity index (χ4n) is 5.74. The number of carboxylic acid groups (broad SMARTS) is 1. The van der Waals surface area contributed by atoms with Crippen LogP contribution in [0.5, 0.6) is 17.2 Å². The molecule has 0 saturated heterocycles. The van der Waals surface area contributed by atoms with E-state index in [1.54, 1.807) is 42.5 Å². The molecule has 1 aliphatic rings. The Hall–Kier alpha value is -4.36. The van der Waals surface area contributed by atoms with Gasteiger partial charge >= 0.3 is 5.97 Å². The maximum absolute atomic E-state index is 13.4. The average Bonchev–Trinajstić information content (AvgIpc) is 2.93. The average molecular weight is 529 g/mol. The highest BCUT2D eigenvalue weighted by Crippen LogP contribution is 2.61. The molecule has 2 unspecified atom stereocenters. The van der Waals surface area contributed by atoms with Crippen LogP contribution < -0.4 is 14.2 Å². The zero-order chi connectivity index (χ0) is 27.5. The molecule has 0 heterocycles. The van der Waals surface area contributed by atoms with Crippen LogP contribution in [0.4, 0.5) is 4.39 Å². The van der Waals surface area contributed by atoms with E-state index >= 15 is 0 Å². The number of aliphatic hydroxyl groups excluding tert-OH is 1. The van der Waals surface area contributed by atoms with E-state index in [2.05, 4.69) is 0 Å². The van der Waals surface area contributed by atoms with Crippen molar-refractivity contribution in [2.24, 2.45) is 11.8 Å². The largest absolute Gasteiger partial charge is 0.496 e. The Morgan fingerprint density at radius 1 is 0.769 bits per heavy atom.